The van der Waals surface area contributed by atoms with Crippen LogP contribution in [-0.4, -0.2) is 24.4 Å². The minimum absolute atomic E-state index is 0.0874. The van der Waals surface area contributed by atoms with Crippen molar-refractivity contribution in [1.29, 1.82) is 0 Å². The van der Waals surface area contributed by atoms with Crippen molar-refractivity contribution in [2.24, 2.45) is 0 Å². The normalized spacial score (nSPS) is 18.9. The number of carbonyl (C=O) groups excluding carboxylic acids is 1. The van der Waals surface area contributed by atoms with Gasteiger partial charge in [-0.3, -0.25) is 4.79 Å². The summed E-state index contributed by atoms with van der Waals surface area (Å²) in [5, 5.41) is 0. The van der Waals surface area contributed by atoms with Crippen LogP contribution < -0.4 is 0 Å². The molecule has 0 aromatic carbocycles. The van der Waals surface area contributed by atoms with Gasteiger partial charge in [-0.2, -0.15) is 0 Å². The van der Waals surface area contributed by atoms with Gasteiger partial charge in [0.1, 0.15) is 0 Å². The summed E-state index contributed by atoms with van der Waals surface area (Å²) in [6.07, 6.45) is 8.42. The zero-order chi connectivity index (χ0) is 7.40. The fourth-order valence-electron chi connectivity index (χ4n) is 0.794. The van der Waals surface area contributed by atoms with E-state index < -0.39 is 0 Å². The maximum Gasteiger partial charge on any atom is 0.246 e. The molecule has 0 atom stereocenters. The summed E-state index contributed by atoms with van der Waals surface area (Å²) < 4.78 is 0. The van der Waals surface area contributed by atoms with Crippen molar-refractivity contribution in [3.63, 3.8) is 0 Å². The smallest absolute Gasteiger partial charge is 0.246 e. The molecule has 1 rings (SSSR count). The third-order valence-electron chi connectivity index (χ3n) is 1.45. The number of hydrogen-bond donors (Lipinski definition) is 0. The molecule has 0 aromatic rings. The molecule has 0 bridgehead atoms. The summed E-state index contributed by atoms with van der Waals surface area (Å²) in [6.45, 7) is 0.725. The number of nitrogens with zero attached hydrogens (tertiary/aromatic N) is 1. The van der Waals surface area contributed by atoms with Crippen LogP contribution in [0.3, 0.4) is 0 Å². The van der Waals surface area contributed by atoms with Crippen LogP contribution in [0.25, 0.3) is 0 Å². The molecule has 2 nitrogen and oxygen atoms in total. The van der Waals surface area contributed by atoms with Crippen LogP contribution in [0.4, 0.5) is 0 Å². The molecule has 1 aliphatic heterocycles. The monoisotopic (exact) mass is 137 g/mol. The first-order chi connectivity index (χ1) is 4.80. The van der Waals surface area contributed by atoms with Crippen molar-refractivity contribution < 1.29 is 4.79 Å². The second-order valence-electron chi connectivity index (χ2n) is 2.33. The highest BCUT2D eigenvalue weighted by molar-refractivity contribution is 5.87. The molecule has 0 aliphatic carbocycles. The van der Waals surface area contributed by atoms with Gasteiger partial charge in [0.05, 0.1) is 0 Å². The number of carbonyl (C=O) groups is 1. The van der Waals surface area contributed by atoms with Gasteiger partial charge in [0, 0.05) is 13.6 Å². The van der Waals surface area contributed by atoms with Crippen molar-refractivity contribution in [1.82, 2.24) is 4.90 Å². The van der Waals surface area contributed by atoms with Crippen LogP contribution >= 0.6 is 0 Å². The Labute approximate surface area is 60.8 Å². The minimum Gasteiger partial charge on any atom is -0.339 e. The van der Waals surface area contributed by atoms with E-state index in [2.05, 4.69) is 6.08 Å². The van der Waals surface area contributed by atoms with Crippen molar-refractivity contribution in [3.8, 4) is 0 Å². The van der Waals surface area contributed by atoms with Gasteiger partial charge in [0.2, 0.25) is 5.91 Å². The Morgan fingerprint density at radius 3 is 3.00 bits per heavy atom. The van der Waals surface area contributed by atoms with Crippen molar-refractivity contribution in [3.05, 3.63) is 24.3 Å². The second-order valence-corrected chi connectivity index (χ2v) is 2.33. The Bertz CT molecular complexity index is 182. The lowest BCUT2D eigenvalue weighted by Crippen LogP contribution is -2.25. The molecule has 0 unspecified atom stereocenters. The highest BCUT2D eigenvalue weighted by Gasteiger charge is 2.01. The summed E-state index contributed by atoms with van der Waals surface area (Å²) in [5.74, 6) is 0.0874. The highest BCUT2D eigenvalue weighted by atomic mass is 16.2. The predicted octanol–water partition coefficient (Wildman–Crippen LogP) is 0.961. The lowest BCUT2D eigenvalue weighted by molar-refractivity contribution is -0.124. The first-order valence-corrected chi connectivity index (χ1v) is 3.37. The average molecular weight is 137 g/mol. The van der Waals surface area contributed by atoms with E-state index in [4.69, 9.17) is 0 Å². The van der Waals surface area contributed by atoms with Crippen molar-refractivity contribution in [2.45, 2.75) is 6.42 Å². The van der Waals surface area contributed by atoms with E-state index in [1.807, 2.05) is 12.2 Å². The fraction of sp³-hybridized carbons (Fsp3) is 0.375. The number of likely N-dealkylation sites (N-methyl/N-ethyl adjacent to an activating group) is 1. The van der Waals surface area contributed by atoms with E-state index in [1.165, 1.54) is 0 Å². The Morgan fingerprint density at radius 1 is 1.40 bits per heavy atom. The average Bonchev–Trinajstić information content (AvgIpc) is 1.92. The van der Waals surface area contributed by atoms with Crippen LogP contribution in [0, 0.1) is 0 Å². The molecule has 0 saturated heterocycles. The molecule has 0 aromatic heterocycles. The maximum atomic E-state index is 11.0. The molecule has 10 heavy (non-hydrogen) atoms. The van der Waals surface area contributed by atoms with Gasteiger partial charge >= 0.3 is 0 Å². The molecule has 1 heterocycles. The molecule has 0 N–H and O–H groups in total. The van der Waals surface area contributed by atoms with Gasteiger partial charge < -0.3 is 4.90 Å². The fourth-order valence-corrected chi connectivity index (χ4v) is 0.794. The van der Waals surface area contributed by atoms with Crippen molar-refractivity contribution >= 4 is 5.91 Å². The van der Waals surface area contributed by atoms with E-state index in [9.17, 15) is 4.79 Å². The third-order valence-corrected chi connectivity index (χ3v) is 1.45. The Balaban J connectivity index is 2.62. The zero-order valence-electron chi connectivity index (χ0n) is 6.08. The van der Waals surface area contributed by atoms with Crippen LogP contribution in [0.1, 0.15) is 6.42 Å². The standard InChI is InChI=1S/C8H11NO/c1-9-7-5-3-2-4-6-8(9)10/h3-6H,2,7H2,1H3. The maximum absolute atomic E-state index is 11.0. The summed E-state index contributed by atoms with van der Waals surface area (Å²) in [7, 11) is 1.79. The lowest BCUT2D eigenvalue weighted by Gasteiger charge is -2.12. The second kappa shape index (κ2) is 3.20. The molecule has 0 fully saturated rings. The van der Waals surface area contributed by atoms with Gasteiger partial charge in [0.15, 0.2) is 0 Å². The first-order valence-electron chi connectivity index (χ1n) is 3.37. The Hall–Kier alpha value is -1.05. The largest absolute Gasteiger partial charge is 0.339 e. The van der Waals surface area contributed by atoms with Crippen LogP contribution in [-0.2, 0) is 4.79 Å². The minimum atomic E-state index is 0.0874. The Kier molecular flexibility index (Phi) is 2.26. The first kappa shape index (κ1) is 7.06. The summed E-state index contributed by atoms with van der Waals surface area (Å²) in [6, 6.07) is 0. The quantitative estimate of drug-likeness (QED) is 0.455. The van der Waals surface area contributed by atoms with Gasteiger partial charge in [-0.05, 0) is 12.5 Å². The molecule has 0 spiro atoms. The molecule has 0 radical (unpaired) electrons. The molecule has 2 heteroatoms. The van der Waals surface area contributed by atoms with Gasteiger partial charge in [-0.1, -0.05) is 18.2 Å². The molecule has 54 valence electrons. The summed E-state index contributed by atoms with van der Waals surface area (Å²) in [4.78, 5) is 12.6. The third kappa shape index (κ3) is 1.72. The van der Waals surface area contributed by atoms with E-state index >= 15 is 0 Å². The van der Waals surface area contributed by atoms with E-state index in [0.29, 0.717) is 0 Å². The van der Waals surface area contributed by atoms with Gasteiger partial charge in [-0.25, -0.2) is 0 Å². The number of allylic oxidation sites excluding steroid dienone is 2. The zero-order valence-corrected chi connectivity index (χ0v) is 6.08. The molecule has 1 amide bonds. The summed E-state index contributed by atoms with van der Waals surface area (Å²) in [5.41, 5.74) is 0. The highest BCUT2D eigenvalue weighted by Crippen LogP contribution is 1.95. The van der Waals surface area contributed by atoms with E-state index in [-0.39, 0.29) is 5.91 Å². The number of hydrogen-bond acceptors (Lipinski definition) is 1. The Morgan fingerprint density at radius 2 is 2.20 bits per heavy atom. The molecule has 0 saturated carbocycles. The topological polar surface area (TPSA) is 20.3 Å². The SMILES string of the molecule is CN1CC=CCC=CC1=O. The van der Waals surface area contributed by atoms with Crippen molar-refractivity contribution in [2.75, 3.05) is 13.6 Å². The summed E-state index contributed by atoms with van der Waals surface area (Å²) >= 11 is 0. The van der Waals surface area contributed by atoms with E-state index in [0.717, 1.165) is 13.0 Å². The predicted molar refractivity (Wildman–Crippen MR) is 40.5 cm³/mol. The number of rotatable bonds is 0. The lowest BCUT2D eigenvalue weighted by atomic mass is 10.3. The van der Waals surface area contributed by atoms with Gasteiger partial charge in [0.25, 0.3) is 0 Å². The molecular weight excluding hydrogens is 126 g/mol. The number of amides is 1. The van der Waals surface area contributed by atoms with Crippen LogP contribution in [0.5, 0.6) is 0 Å². The molecular formula is C8H11NO. The van der Waals surface area contributed by atoms with Gasteiger partial charge in [-0.15, -0.1) is 0 Å². The van der Waals surface area contributed by atoms with E-state index in [1.54, 1.807) is 18.0 Å². The van der Waals surface area contributed by atoms with Crippen LogP contribution in [0.2, 0.25) is 0 Å². The van der Waals surface area contributed by atoms with Crippen LogP contribution in [0.15, 0.2) is 24.3 Å². The molecule has 1 aliphatic rings.